The van der Waals surface area contributed by atoms with Crippen LogP contribution in [-0.4, -0.2) is 29.9 Å². The summed E-state index contributed by atoms with van der Waals surface area (Å²) in [6, 6.07) is 10.3. The average molecular weight is 274 g/mol. The Bertz CT molecular complexity index is 572. The number of amides is 1. The van der Waals surface area contributed by atoms with Gasteiger partial charge in [-0.15, -0.1) is 11.3 Å². The van der Waals surface area contributed by atoms with E-state index in [0.717, 1.165) is 29.8 Å². The molecule has 1 aliphatic heterocycles. The fraction of sp³-hybridized carbons (Fsp3) is 0.400. The summed E-state index contributed by atoms with van der Waals surface area (Å²) in [5, 5.41) is 1.15. The van der Waals surface area contributed by atoms with Crippen LogP contribution >= 0.6 is 11.3 Å². The van der Waals surface area contributed by atoms with Gasteiger partial charge in [0.05, 0.1) is 4.88 Å². The minimum absolute atomic E-state index is 0.157. The summed E-state index contributed by atoms with van der Waals surface area (Å²) in [6.45, 7) is 3.65. The van der Waals surface area contributed by atoms with Crippen molar-refractivity contribution < 1.29 is 4.79 Å². The van der Waals surface area contributed by atoms with Crippen molar-refractivity contribution in [1.82, 2.24) is 4.90 Å². The van der Waals surface area contributed by atoms with Crippen LogP contribution in [-0.2, 0) is 0 Å². The van der Waals surface area contributed by atoms with E-state index in [4.69, 9.17) is 5.73 Å². The molecular formula is C15H18N2OS. The topological polar surface area (TPSA) is 46.3 Å². The molecule has 4 heteroatoms. The maximum atomic E-state index is 12.5. The van der Waals surface area contributed by atoms with Crippen molar-refractivity contribution in [3.05, 3.63) is 35.2 Å². The Hall–Kier alpha value is -1.39. The summed E-state index contributed by atoms with van der Waals surface area (Å²) in [7, 11) is 0. The van der Waals surface area contributed by atoms with E-state index in [-0.39, 0.29) is 11.9 Å². The maximum absolute atomic E-state index is 12.5. The molecule has 1 aliphatic rings. The molecule has 3 nitrogen and oxygen atoms in total. The lowest BCUT2D eigenvalue weighted by molar-refractivity contribution is 0.0791. The van der Waals surface area contributed by atoms with Crippen molar-refractivity contribution in [2.75, 3.05) is 13.1 Å². The third-order valence-corrected chi connectivity index (χ3v) is 5.00. The number of hydrogen-bond donors (Lipinski definition) is 1. The minimum Gasteiger partial charge on any atom is -0.338 e. The quantitative estimate of drug-likeness (QED) is 0.915. The predicted molar refractivity (Wildman–Crippen MR) is 79.5 cm³/mol. The van der Waals surface area contributed by atoms with Gasteiger partial charge in [0.2, 0.25) is 0 Å². The van der Waals surface area contributed by atoms with Crippen LogP contribution in [0.4, 0.5) is 0 Å². The van der Waals surface area contributed by atoms with E-state index in [1.807, 2.05) is 30.0 Å². The molecule has 0 spiro atoms. The number of carbonyl (C=O) groups excluding carboxylic acids is 1. The summed E-state index contributed by atoms with van der Waals surface area (Å²) in [5.41, 5.74) is 5.92. The monoisotopic (exact) mass is 274 g/mol. The molecule has 2 unspecified atom stereocenters. The minimum atomic E-state index is 0.157. The molecule has 1 amide bonds. The lowest BCUT2D eigenvalue weighted by atomic mass is 10.0. The molecule has 1 saturated heterocycles. The predicted octanol–water partition coefficient (Wildman–Crippen LogP) is 2.71. The number of likely N-dealkylation sites (tertiary alicyclic amines) is 1. The van der Waals surface area contributed by atoms with E-state index in [0.29, 0.717) is 5.92 Å². The van der Waals surface area contributed by atoms with Crippen LogP contribution in [0.1, 0.15) is 23.0 Å². The molecule has 2 heterocycles. The second-order valence-electron chi connectivity index (χ2n) is 5.31. The van der Waals surface area contributed by atoms with Gasteiger partial charge in [-0.05, 0) is 36.8 Å². The summed E-state index contributed by atoms with van der Waals surface area (Å²) >= 11 is 1.58. The fourth-order valence-corrected chi connectivity index (χ4v) is 3.67. The second kappa shape index (κ2) is 4.94. The van der Waals surface area contributed by atoms with Crippen molar-refractivity contribution in [1.29, 1.82) is 0 Å². The molecule has 2 atom stereocenters. The van der Waals surface area contributed by atoms with E-state index in [1.54, 1.807) is 11.3 Å². The lowest BCUT2D eigenvalue weighted by Gasteiger charge is -2.17. The lowest BCUT2D eigenvalue weighted by Crippen LogP contribution is -2.32. The van der Waals surface area contributed by atoms with Gasteiger partial charge < -0.3 is 10.6 Å². The normalized spacial score (nSPS) is 20.9. The summed E-state index contributed by atoms with van der Waals surface area (Å²) in [6.07, 6.45) is 1.02. The number of carbonyl (C=O) groups is 1. The van der Waals surface area contributed by atoms with E-state index >= 15 is 0 Å². The largest absolute Gasteiger partial charge is 0.338 e. The summed E-state index contributed by atoms with van der Waals surface area (Å²) in [4.78, 5) is 15.3. The Kier molecular flexibility index (Phi) is 3.29. The molecule has 2 aromatic rings. The van der Waals surface area contributed by atoms with E-state index < -0.39 is 0 Å². The summed E-state index contributed by atoms with van der Waals surface area (Å²) in [5.74, 6) is 0.600. The first-order valence-corrected chi connectivity index (χ1v) is 7.50. The third kappa shape index (κ3) is 2.38. The maximum Gasteiger partial charge on any atom is 0.263 e. The Morgan fingerprint density at radius 3 is 2.95 bits per heavy atom. The highest BCUT2D eigenvalue weighted by molar-refractivity contribution is 7.20. The van der Waals surface area contributed by atoms with Crippen LogP contribution in [0.25, 0.3) is 10.1 Å². The first-order chi connectivity index (χ1) is 9.15. The van der Waals surface area contributed by atoms with Gasteiger partial charge in [-0.25, -0.2) is 0 Å². The van der Waals surface area contributed by atoms with Crippen LogP contribution in [0.2, 0.25) is 0 Å². The Labute approximate surface area is 117 Å². The number of hydrogen-bond acceptors (Lipinski definition) is 3. The molecule has 3 rings (SSSR count). The van der Waals surface area contributed by atoms with Crippen molar-refractivity contribution in [3.8, 4) is 0 Å². The Balaban J connectivity index is 1.80. The van der Waals surface area contributed by atoms with E-state index in [9.17, 15) is 4.79 Å². The van der Waals surface area contributed by atoms with Gasteiger partial charge in [-0.2, -0.15) is 0 Å². The molecule has 0 saturated carbocycles. The molecule has 0 aliphatic carbocycles. The number of thiophene rings is 1. The highest BCUT2D eigenvalue weighted by atomic mass is 32.1. The number of nitrogens with zero attached hydrogens (tertiary/aromatic N) is 1. The van der Waals surface area contributed by atoms with Gasteiger partial charge in [0.1, 0.15) is 0 Å². The van der Waals surface area contributed by atoms with Crippen molar-refractivity contribution >= 4 is 27.3 Å². The van der Waals surface area contributed by atoms with Gasteiger partial charge in [0.15, 0.2) is 0 Å². The van der Waals surface area contributed by atoms with Gasteiger partial charge in [0.25, 0.3) is 5.91 Å². The van der Waals surface area contributed by atoms with Crippen molar-refractivity contribution in [3.63, 3.8) is 0 Å². The third-order valence-electron chi connectivity index (χ3n) is 3.89. The van der Waals surface area contributed by atoms with Crippen LogP contribution in [0.5, 0.6) is 0 Å². The standard InChI is InChI=1S/C15H18N2OS/c1-10(16)12-6-7-17(9-12)15(18)14-8-11-4-2-3-5-13(11)19-14/h2-5,8,10,12H,6-7,9,16H2,1H3. The van der Waals surface area contributed by atoms with Gasteiger partial charge >= 0.3 is 0 Å². The Morgan fingerprint density at radius 1 is 1.47 bits per heavy atom. The summed E-state index contributed by atoms with van der Waals surface area (Å²) < 4.78 is 1.17. The number of nitrogens with two attached hydrogens (primary N) is 1. The highest BCUT2D eigenvalue weighted by Crippen LogP contribution is 2.28. The van der Waals surface area contributed by atoms with Gasteiger partial charge in [0, 0.05) is 23.8 Å². The van der Waals surface area contributed by atoms with Gasteiger partial charge in [-0.3, -0.25) is 4.79 Å². The molecule has 1 fully saturated rings. The fourth-order valence-electron chi connectivity index (χ4n) is 2.64. The molecule has 1 aromatic heterocycles. The zero-order chi connectivity index (χ0) is 13.4. The zero-order valence-corrected chi connectivity index (χ0v) is 11.8. The number of rotatable bonds is 2. The highest BCUT2D eigenvalue weighted by Gasteiger charge is 2.29. The van der Waals surface area contributed by atoms with Crippen LogP contribution in [0.15, 0.2) is 30.3 Å². The van der Waals surface area contributed by atoms with E-state index in [2.05, 4.69) is 12.1 Å². The van der Waals surface area contributed by atoms with Gasteiger partial charge in [-0.1, -0.05) is 18.2 Å². The molecular weight excluding hydrogens is 256 g/mol. The smallest absolute Gasteiger partial charge is 0.263 e. The van der Waals surface area contributed by atoms with Crippen LogP contribution < -0.4 is 5.73 Å². The second-order valence-corrected chi connectivity index (χ2v) is 6.39. The molecule has 100 valence electrons. The van der Waals surface area contributed by atoms with Crippen molar-refractivity contribution in [2.24, 2.45) is 11.7 Å². The van der Waals surface area contributed by atoms with E-state index in [1.165, 1.54) is 4.70 Å². The SMILES string of the molecule is CC(N)C1CCN(C(=O)c2cc3ccccc3s2)C1. The van der Waals surface area contributed by atoms with Crippen molar-refractivity contribution in [2.45, 2.75) is 19.4 Å². The molecule has 1 aromatic carbocycles. The number of benzene rings is 1. The number of fused-ring (bicyclic) bond motifs is 1. The Morgan fingerprint density at radius 2 is 2.26 bits per heavy atom. The molecule has 2 N–H and O–H groups in total. The molecule has 0 bridgehead atoms. The van der Waals surface area contributed by atoms with Crippen LogP contribution in [0.3, 0.4) is 0 Å². The zero-order valence-electron chi connectivity index (χ0n) is 11.0. The average Bonchev–Trinajstić information content (AvgIpc) is 3.04. The molecule has 19 heavy (non-hydrogen) atoms. The first kappa shape index (κ1) is 12.6. The first-order valence-electron chi connectivity index (χ1n) is 6.68. The molecule has 0 radical (unpaired) electrons. The van der Waals surface area contributed by atoms with Crippen LogP contribution in [0, 0.1) is 5.92 Å².